The number of benzene rings is 2. The van der Waals surface area contributed by atoms with Gasteiger partial charge >= 0.3 is 6.01 Å². The Labute approximate surface area is 260 Å². The Bertz CT molecular complexity index is 1800. The summed E-state index contributed by atoms with van der Waals surface area (Å²) < 4.78 is 22.3. The lowest BCUT2D eigenvalue weighted by Crippen LogP contribution is -2.55. The quantitative estimate of drug-likeness (QED) is 0.229. The average Bonchev–Trinajstić information content (AvgIpc) is 3.77. The maximum atomic E-state index is 16.0. The minimum absolute atomic E-state index is 0.0393. The fourth-order valence-electron chi connectivity index (χ4n) is 6.13. The van der Waals surface area contributed by atoms with Gasteiger partial charge in [0.05, 0.1) is 30.5 Å². The standard InChI is InChI=1S/C33H33ClFN7O2/c1-4-27(43)42-16-15-41(18-22(42)11-14-36)31-24-17-26(35)29(23-9-5-7-21-8-6-10-25(34)28(21)23)37-30(24)38-32(39-31)44-20-33(12-13-33)19-40(2)3/h4-10,17,22H,1,11-13,15-16,18-20H2,2-3H3/t22-/m0/s1. The first kappa shape index (κ1) is 29.7. The van der Waals surface area contributed by atoms with Gasteiger partial charge in [0.1, 0.15) is 17.3 Å². The molecule has 0 spiro atoms. The van der Waals surface area contributed by atoms with E-state index in [2.05, 4.69) is 22.5 Å². The molecule has 1 saturated carbocycles. The van der Waals surface area contributed by atoms with Crippen molar-refractivity contribution in [2.24, 2.45) is 5.41 Å². The summed E-state index contributed by atoms with van der Waals surface area (Å²) in [5.41, 5.74) is 1.01. The van der Waals surface area contributed by atoms with E-state index in [4.69, 9.17) is 26.3 Å². The molecule has 3 heterocycles. The number of halogens is 2. The lowest BCUT2D eigenvalue weighted by molar-refractivity contribution is -0.128. The van der Waals surface area contributed by atoms with Crippen LogP contribution in [0.4, 0.5) is 10.2 Å². The van der Waals surface area contributed by atoms with E-state index in [9.17, 15) is 10.1 Å². The molecule has 226 valence electrons. The minimum atomic E-state index is -0.541. The number of pyridine rings is 1. The summed E-state index contributed by atoms with van der Waals surface area (Å²) in [7, 11) is 4.08. The van der Waals surface area contributed by atoms with Crippen LogP contribution in [0.25, 0.3) is 33.1 Å². The van der Waals surface area contributed by atoms with Crippen molar-refractivity contribution < 1.29 is 13.9 Å². The van der Waals surface area contributed by atoms with Crippen molar-refractivity contribution in [3.8, 4) is 23.3 Å². The molecule has 0 unspecified atom stereocenters. The predicted molar refractivity (Wildman–Crippen MR) is 169 cm³/mol. The highest BCUT2D eigenvalue weighted by Gasteiger charge is 2.44. The summed E-state index contributed by atoms with van der Waals surface area (Å²) in [4.78, 5) is 32.4. The highest BCUT2D eigenvalue weighted by atomic mass is 35.5. The van der Waals surface area contributed by atoms with Gasteiger partial charge in [-0.2, -0.15) is 15.2 Å². The lowest BCUT2D eigenvalue weighted by atomic mass is 10.0. The van der Waals surface area contributed by atoms with Gasteiger partial charge in [-0.15, -0.1) is 0 Å². The molecule has 1 aliphatic carbocycles. The third-order valence-electron chi connectivity index (χ3n) is 8.39. The fraction of sp³-hybridized carbons (Fsp3) is 0.364. The van der Waals surface area contributed by atoms with Gasteiger partial charge in [0.2, 0.25) is 5.91 Å². The van der Waals surface area contributed by atoms with Crippen molar-refractivity contribution in [3.63, 3.8) is 0 Å². The Hall–Kier alpha value is -4.33. The van der Waals surface area contributed by atoms with Crippen LogP contribution < -0.4 is 9.64 Å². The van der Waals surface area contributed by atoms with Crippen LogP contribution in [0.5, 0.6) is 6.01 Å². The van der Waals surface area contributed by atoms with Crippen molar-refractivity contribution >= 4 is 45.1 Å². The molecule has 11 heteroatoms. The Morgan fingerprint density at radius 3 is 2.70 bits per heavy atom. The van der Waals surface area contributed by atoms with E-state index in [-0.39, 0.29) is 35.1 Å². The maximum absolute atomic E-state index is 16.0. The number of nitrogens with zero attached hydrogens (tertiary/aromatic N) is 7. The number of anilines is 1. The second-order valence-electron chi connectivity index (χ2n) is 11.9. The van der Waals surface area contributed by atoms with E-state index < -0.39 is 11.9 Å². The zero-order valence-electron chi connectivity index (χ0n) is 24.8. The summed E-state index contributed by atoms with van der Waals surface area (Å²) in [5, 5.41) is 12.0. The van der Waals surface area contributed by atoms with Gasteiger partial charge in [-0.25, -0.2) is 9.37 Å². The molecule has 1 atom stereocenters. The van der Waals surface area contributed by atoms with Crippen molar-refractivity contribution in [1.82, 2.24) is 24.8 Å². The van der Waals surface area contributed by atoms with Crippen LogP contribution in [0.2, 0.25) is 5.02 Å². The second-order valence-corrected chi connectivity index (χ2v) is 12.3. The Kier molecular flexibility index (Phi) is 8.10. The summed E-state index contributed by atoms with van der Waals surface area (Å²) in [6.45, 7) is 6.03. The first-order valence-corrected chi connectivity index (χ1v) is 15.0. The zero-order valence-corrected chi connectivity index (χ0v) is 25.5. The largest absolute Gasteiger partial charge is 0.463 e. The first-order chi connectivity index (χ1) is 21.2. The Morgan fingerprint density at radius 1 is 1.23 bits per heavy atom. The topological polar surface area (TPSA) is 98.5 Å². The second kappa shape index (κ2) is 12.0. The molecule has 2 fully saturated rings. The van der Waals surface area contributed by atoms with E-state index in [0.717, 1.165) is 24.8 Å². The molecule has 2 aromatic heterocycles. The van der Waals surface area contributed by atoms with Gasteiger partial charge in [-0.05, 0) is 50.5 Å². The molecule has 6 rings (SSSR count). The number of hydrogen-bond donors (Lipinski definition) is 0. The van der Waals surface area contributed by atoms with E-state index in [0.29, 0.717) is 53.4 Å². The number of carbonyl (C=O) groups is 1. The number of amides is 1. The van der Waals surface area contributed by atoms with Gasteiger partial charge in [-0.1, -0.05) is 48.5 Å². The van der Waals surface area contributed by atoms with Gasteiger partial charge in [0.15, 0.2) is 5.65 Å². The number of ether oxygens (including phenoxy) is 1. The summed E-state index contributed by atoms with van der Waals surface area (Å²) >= 11 is 6.58. The molecule has 4 aromatic rings. The van der Waals surface area contributed by atoms with Gasteiger partial charge in [0, 0.05) is 47.6 Å². The van der Waals surface area contributed by atoms with Crippen LogP contribution in [0.1, 0.15) is 19.3 Å². The smallest absolute Gasteiger partial charge is 0.320 e. The van der Waals surface area contributed by atoms with Crippen LogP contribution in [0, 0.1) is 22.6 Å². The molecule has 2 aliphatic rings. The van der Waals surface area contributed by atoms with Crippen LogP contribution >= 0.6 is 11.6 Å². The number of aromatic nitrogens is 3. The molecule has 2 aromatic carbocycles. The number of nitriles is 1. The van der Waals surface area contributed by atoms with Crippen molar-refractivity contribution in [2.75, 3.05) is 51.8 Å². The Morgan fingerprint density at radius 2 is 2.00 bits per heavy atom. The number of piperazine rings is 1. The third kappa shape index (κ3) is 5.77. The van der Waals surface area contributed by atoms with E-state index in [1.165, 1.54) is 12.1 Å². The van der Waals surface area contributed by atoms with Crippen molar-refractivity contribution in [2.45, 2.75) is 25.3 Å². The molecule has 44 heavy (non-hydrogen) atoms. The molecule has 9 nitrogen and oxygen atoms in total. The monoisotopic (exact) mass is 613 g/mol. The fourth-order valence-corrected chi connectivity index (χ4v) is 6.41. The van der Waals surface area contributed by atoms with E-state index in [1.54, 1.807) is 17.0 Å². The number of carbonyl (C=O) groups excluding carboxylic acids is 1. The third-order valence-corrected chi connectivity index (χ3v) is 8.71. The molecular formula is C33H33ClFN7O2. The van der Waals surface area contributed by atoms with Crippen molar-refractivity contribution in [3.05, 3.63) is 66.0 Å². The molecule has 1 aliphatic heterocycles. The van der Waals surface area contributed by atoms with Crippen LogP contribution in [0.15, 0.2) is 55.1 Å². The Balaban J connectivity index is 1.45. The molecule has 0 bridgehead atoms. The lowest BCUT2D eigenvalue weighted by Gasteiger charge is -2.41. The zero-order chi connectivity index (χ0) is 31.0. The van der Waals surface area contributed by atoms with Crippen LogP contribution in [-0.4, -0.2) is 83.6 Å². The molecular weight excluding hydrogens is 581 g/mol. The minimum Gasteiger partial charge on any atom is -0.463 e. The SMILES string of the molecule is C=CC(=O)N1CCN(c2nc(OCC3(CN(C)C)CC3)nc3nc(-c4cccc5cccc(Cl)c45)c(F)cc23)C[C@@H]1CC#N. The molecule has 0 N–H and O–H groups in total. The van der Waals surface area contributed by atoms with E-state index in [1.807, 2.05) is 43.3 Å². The summed E-state index contributed by atoms with van der Waals surface area (Å²) in [5.74, 6) is -0.325. The average molecular weight is 614 g/mol. The van der Waals surface area contributed by atoms with E-state index >= 15 is 4.39 Å². The van der Waals surface area contributed by atoms with Crippen LogP contribution in [0.3, 0.4) is 0 Å². The first-order valence-electron chi connectivity index (χ1n) is 14.6. The van der Waals surface area contributed by atoms with Gasteiger partial charge in [-0.3, -0.25) is 4.79 Å². The number of fused-ring (bicyclic) bond motifs is 2. The summed E-state index contributed by atoms with van der Waals surface area (Å²) in [6.07, 6.45) is 3.49. The highest BCUT2D eigenvalue weighted by Crippen LogP contribution is 2.46. The van der Waals surface area contributed by atoms with Gasteiger partial charge in [0.25, 0.3) is 0 Å². The maximum Gasteiger partial charge on any atom is 0.320 e. The normalized spacial score (nSPS) is 17.6. The van der Waals surface area contributed by atoms with Crippen LogP contribution in [-0.2, 0) is 4.79 Å². The number of rotatable bonds is 9. The molecule has 0 radical (unpaired) electrons. The summed E-state index contributed by atoms with van der Waals surface area (Å²) in [6, 6.07) is 14.5. The molecule has 1 amide bonds. The van der Waals surface area contributed by atoms with Crippen molar-refractivity contribution in [1.29, 1.82) is 5.26 Å². The molecule has 1 saturated heterocycles. The highest BCUT2D eigenvalue weighted by molar-refractivity contribution is 6.36. The number of hydrogen-bond acceptors (Lipinski definition) is 8. The van der Waals surface area contributed by atoms with Gasteiger partial charge < -0.3 is 19.4 Å². The predicted octanol–water partition coefficient (Wildman–Crippen LogP) is 5.47.